The Balaban J connectivity index is -0.0000000408. The second kappa shape index (κ2) is 10.6. The molecule has 0 rings (SSSR count). The molecule has 0 aromatic heterocycles. The molecular formula is C4H8KNaO4. The van der Waals surface area contributed by atoms with Gasteiger partial charge in [-0.05, 0) is 0 Å². The maximum absolute atomic E-state index is 9.86. The zero-order chi connectivity index (χ0) is 6.57. The van der Waals surface area contributed by atoms with E-state index in [1.807, 2.05) is 0 Å². The Bertz CT molecular complexity index is 110. The molecule has 0 amide bonds. The fraction of sp³-hybridized carbons (Fsp3) is 0.500. The van der Waals surface area contributed by atoms with Crippen molar-refractivity contribution in [1.29, 1.82) is 0 Å². The first-order chi connectivity index (χ1) is 3.63. The van der Waals surface area contributed by atoms with Crippen LogP contribution in [0.15, 0.2) is 0 Å². The van der Waals surface area contributed by atoms with Gasteiger partial charge in [-0.15, -0.1) is 0 Å². The van der Waals surface area contributed by atoms with Crippen LogP contribution in [-0.4, -0.2) is 23.7 Å². The summed E-state index contributed by atoms with van der Waals surface area (Å²) >= 11 is 0. The van der Waals surface area contributed by atoms with Gasteiger partial charge >= 0.3 is 92.9 Å². The van der Waals surface area contributed by atoms with Crippen LogP contribution in [0.2, 0.25) is 0 Å². The standard InChI is InChI=1S/C4H6O4.K.Na.2H/c1-3(5)8-2-4(6)7;;;;/h2H2,1H3,(H,6,7);;;;/q;2*+1;2*-1. The minimum atomic E-state index is -1.14. The molecule has 0 fully saturated rings. The normalized spacial score (nSPS) is 6.50. The molecule has 0 aliphatic heterocycles. The topological polar surface area (TPSA) is 63.6 Å². The number of rotatable bonds is 2. The molecule has 6 heteroatoms. The van der Waals surface area contributed by atoms with Crippen LogP contribution in [0.1, 0.15) is 9.78 Å². The first-order valence-electron chi connectivity index (χ1n) is 1.98. The van der Waals surface area contributed by atoms with Gasteiger partial charge in [0, 0.05) is 6.92 Å². The summed E-state index contributed by atoms with van der Waals surface area (Å²) in [5.41, 5.74) is 0. The number of carboxylic acid groups (broad SMARTS) is 1. The molecule has 0 unspecified atom stereocenters. The van der Waals surface area contributed by atoms with E-state index in [-0.39, 0.29) is 83.8 Å². The van der Waals surface area contributed by atoms with Gasteiger partial charge in [-0.25, -0.2) is 4.79 Å². The number of aliphatic carboxylic acids is 1. The third kappa shape index (κ3) is 16.3. The van der Waals surface area contributed by atoms with E-state index in [9.17, 15) is 9.59 Å². The molecule has 0 aromatic carbocycles. The molecule has 0 aromatic rings. The number of esters is 1. The summed E-state index contributed by atoms with van der Waals surface area (Å²) in [6, 6.07) is 0. The molecule has 0 saturated carbocycles. The Labute approximate surface area is 126 Å². The quantitative estimate of drug-likeness (QED) is 0.341. The summed E-state index contributed by atoms with van der Waals surface area (Å²) in [7, 11) is 0. The van der Waals surface area contributed by atoms with Crippen LogP contribution >= 0.6 is 0 Å². The average molecular weight is 182 g/mol. The van der Waals surface area contributed by atoms with Crippen LogP contribution in [0, 0.1) is 0 Å². The van der Waals surface area contributed by atoms with Crippen LogP contribution in [-0.2, 0) is 14.3 Å². The predicted molar refractivity (Wildman–Crippen MR) is 26.5 cm³/mol. The summed E-state index contributed by atoms with van der Waals surface area (Å²) in [4.78, 5) is 19.5. The third-order valence-electron chi connectivity index (χ3n) is 0.399. The van der Waals surface area contributed by atoms with E-state index in [2.05, 4.69) is 4.74 Å². The van der Waals surface area contributed by atoms with E-state index in [0.29, 0.717) is 0 Å². The Morgan fingerprint density at radius 1 is 1.60 bits per heavy atom. The first-order valence-corrected chi connectivity index (χ1v) is 1.98. The van der Waals surface area contributed by atoms with Crippen molar-refractivity contribution in [3.05, 3.63) is 0 Å². The van der Waals surface area contributed by atoms with Crippen molar-refractivity contribution >= 4 is 11.9 Å². The van der Waals surface area contributed by atoms with E-state index in [4.69, 9.17) is 5.11 Å². The Morgan fingerprint density at radius 3 is 2.10 bits per heavy atom. The van der Waals surface area contributed by atoms with Gasteiger partial charge in [0.25, 0.3) is 0 Å². The molecule has 4 nitrogen and oxygen atoms in total. The van der Waals surface area contributed by atoms with Gasteiger partial charge in [-0.3, -0.25) is 4.79 Å². The van der Waals surface area contributed by atoms with Crippen LogP contribution in [0.25, 0.3) is 0 Å². The van der Waals surface area contributed by atoms with Crippen LogP contribution in [0.4, 0.5) is 0 Å². The summed E-state index contributed by atoms with van der Waals surface area (Å²) in [5, 5.41) is 7.89. The van der Waals surface area contributed by atoms with Gasteiger partial charge in [-0.1, -0.05) is 0 Å². The molecule has 0 bridgehead atoms. The fourth-order valence-electron chi connectivity index (χ4n) is 0.163. The van der Waals surface area contributed by atoms with E-state index in [0.717, 1.165) is 6.92 Å². The Morgan fingerprint density at radius 2 is 2.00 bits per heavy atom. The summed E-state index contributed by atoms with van der Waals surface area (Å²) in [6.07, 6.45) is 0. The number of carboxylic acids is 1. The van der Waals surface area contributed by atoms with E-state index in [1.54, 1.807) is 0 Å². The first kappa shape index (κ1) is 17.6. The molecule has 50 valence electrons. The molecule has 0 aliphatic rings. The van der Waals surface area contributed by atoms with Gasteiger partial charge < -0.3 is 12.7 Å². The predicted octanol–water partition coefficient (Wildman–Crippen LogP) is -6.13. The Hall–Kier alpha value is 1.58. The monoisotopic (exact) mass is 182 g/mol. The molecule has 0 heterocycles. The van der Waals surface area contributed by atoms with Crippen LogP contribution in [0.5, 0.6) is 0 Å². The second-order valence-corrected chi connectivity index (χ2v) is 1.17. The molecule has 1 N–H and O–H groups in total. The molecule has 0 spiro atoms. The number of carbonyl (C=O) groups excluding carboxylic acids is 1. The Kier molecular flexibility index (Phi) is 18.6. The molecular weight excluding hydrogens is 174 g/mol. The van der Waals surface area contributed by atoms with Crippen LogP contribution < -0.4 is 80.9 Å². The molecule has 10 heavy (non-hydrogen) atoms. The SMILES string of the molecule is CC(=O)OCC(=O)O.[H-].[H-].[K+].[Na+]. The molecule has 0 saturated heterocycles. The fourth-order valence-corrected chi connectivity index (χ4v) is 0.163. The maximum Gasteiger partial charge on any atom is 1.00 e. The number of hydrogen-bond acceptors (Lipinski definition) is 3. The van der Waals surface area contributed by atoms with Crippen molar-refractivity contribution in [3.8, 4) is 0 Å². The zero-order valence-electron chi connectivity index (χ0n) is 8.38. The third-order valence-corrected chi connectivity index (χ3v) is 0.399. The summed E-state index contributed by atoms with van der Waals surface area (Å²) in [6.45, 7) is 0.609. The van der Waals surface area contributed by atoms with Crippen molar-refractivity contribution < 1.29 is 103 Å². The van der Waals surface area contributed by atoms with E-state index in [1.165, 1.54) is 0 Å². The van der Waals surface area contributed by atoms with Crippen molar-refractivity contribution in [3.63, 3.8) is 0 Å². The van der Waals surface area contributed by atoms with Gasteiger partial charge in [0.15, 0.2) is 6.61 Å². The van der Waals surface area contributed by atoms with Gasteiger partial charge in [0.05, 0.1) is 0 Å². The van der Waals surface area contributed by atoms with Crippen molar-refractivity contribution in [1.82, 2.24) is 0 Å². The van der Waals surface area contributed by atoms with Crippen molar-refractivity contribution in [2.45, 2.75) is 6.92 Å². The number of ether oxygens (including phenoxy) is 1. The van der Waals surface area contributed by atoms with Crippen molar-refractivity contribution in [2.24, 2.45) is 0 Å². The van der Waals surface area contributed by atoms with Gasteiger partial charge in [0.1, 0.15) is 0 Å². The summed E-state index contributed by atoms with van der Waals surface area (Å²) in [5.74, 6) is -1.72. The van der Waals surface area contributed by atoms with Gasteiger partial charge in [-0.2, -0.15) is 0 Å². The van der Waals surface area contributed by atoms with E-state index >= 15 is 0 Å². The maximum atomic E-state index is 9.86. The second-order valence-electron chi connectivity index (χ2n) is 1.17. The molecule has 0 aliphatic carbocycles. The molecule has 0 radical (unpaired) electrons. The minimum Gasteiger partial charge on any atom is -1.00 e. The number of carbonyl (C=O) groups is 2. The number of hydrogen-bond donors (Lipinski definition) is 1. The zero-order valence-corrected chi connectivity index (χ0v) is 11.5. The largest absolute Gasteiger partial charge is 1.00 e. The van der Waals surface area contributed by atoms with E-state index < -0.39 is 18.5 Å². The minimum absolute atomic E-state index is 0. The smallest absolute Gasteiger partial charge is 1.00 e. The molecule has 0 atom stereocenters. The summed E-state index contributed by atoms with van der Waals surface area (Å²) < 4.78 is 4.06. The van der Waals surface area contributed by atoms with Crippen LogP contribution in [0.3, 0.4) is 0 Å². The van der Waals surface area contributed by atoms with Gasteiger partial charge in [0.2, 0.25) is 0 Å². The van der Waals surface area contributed by atoms with Crippen molar-refractivity contribution in [2.75, 3.05) is 6.61 Å². The average Bonchev–Trinajstić information content (AvgIpc) is 1.61.